The third-order valence-electron chi connectivity index (χ3n) is 4.00. The molecule has 0 unspecified atom stereocenters. The third-order valence-corrected chi connectivity index (χ3v) is 4.00. The molecule has 3 rings (SSSR count). The maximum Gasteiger partial charge on any atom is 0.433 e. The van der Waals surface area contributed by atoms with Crippen molar-refractivity contribution in [1.82, 2.24) is 14.5 Å². The summed E-state index contributed by atoms with van der Waals surface area (Å²) >= 11 is 0. The lowest BCUT2D eigenvalue weighted by molar-refractivity contribution is -0.141. The molecule has 8 heteroatoms. The molecule has 0 N–H and O–H groups in total. The number of aromatic nitrogens is 3. The number of pyridine rings is 1. The van der Waals surface area contributed by atoms with Crippen LogP contribution in [0.5, 0.6) is 0 Å². The number of carbonyl (C=O) groups is 1. The predicted molar refractivity (Wildman–Crippen MR) is 92.5 cm³/mol. The van der Waals surface area contributed by atoms with E-state index in [9.17, 15) is 18.0 Å². The van der Waals surface area contributed by atoms with Gasteiger partial charge in [-0.3, -0.25) is 9.78 Å². The normalized spacial score (nSPS) is 11.4. The highest BCUT2D eigenvalue weighted by molar-refractivity contribution is 5.78. The molecule has 0 radical (unpaired) electrons. The first-order valence-corrected chi connectivity index (χ1v) is 8.11. The number of imidazole rings is 1. The van der Waals surface area contributed by atoms with Gasteiger partial charge in [0, 0.05) is 23.9 Å². The number of alkyl halides is 3. The number of benzene rings is 1. The molecular formula is C19H16F3N3O2. The molecule has 0 fully saturated rings. The van der Waals surface area contributed by atoms with Gasteiger partial charge in [-0.2, -0.15) is 13.2 Å². The van der Waals surface area contributed by atoms with Gasteiger partial charge in [-0.05, 0) is 12.1 Å². The number of methoxy groups -OCH3 is 1. The van der Waals surface area contributed by atoms with E-state index in [-0.39, 0.29) is 18.9 Å². The smallest absolute Gasteiger partial charge is 0.433 e. The Labute approximate surface area is 153 Å². The minimum Gasteiger partial charge on any atom is -0.469 e. The fraction of sp³-hybridized carbons (Fsp3) is 0.211. The van der Waals surface area contributed by atoms with Gasteiger partial charge < -0.3 is 9.30 Å². The molecule has 0 bridgehead atoms. The second-order valence-electron chi connectivity index (χ2n) is 5.76. The van der Waals surface area contributed by atoms with Crippen LogP contribution in [0.15, 0.2) is 55.0 Å². The summed E-state index contributed by atoms with van der Waals surface area (Å²) in [5.41, 5.74) is 1.51. The van der Waals surface area contributed by atoms with Crippen molar-refractivity contribution < 1.29 is 22.7 Å². The highest BCUT2D eigenvalue weighted by atomic mass is 19.4. The van der Waals surface area contributed by atoms with Crippen LogP contribution in [0, 0.1) is 0 Å². The summed E-state index contributed by atoms with van der Waals surface area (Å²) in [5, 5.41) is 0. The molecular weight excluding hydrogens is 359 g/mol. The Bertz CT molecular complexity index is 920. The van der Waals surface area contributed by atoms with Crippen molar-refractivity contribution in [2.45, 2.75) is 19.1 Å². The molecule has 5 nitrogen and oxygen atoms in total. The van der Waals surface area contributed by atoms with Gasteiger partial charge in [0.05, 0.1) is 31.2 Å². The molecule has 140 valence electrons. The van der Waals surface area contributed by atoms with Crippen LogP contribution in [0.1, 0.15) is 12.1 Å². The van der Waals surface area contributed by atoms with Gasteiger partial charge in [0.1, 0.15) is 5.69 Å². The molecule has 0 saturated heterocycles. The summed E-state index contributed by atoms with van der Waals surface area (Å²) < 4.78 is 44.8. The zero-order valence-electron chi connectivity index (χ0n) is 14.4. The topological polar surface area (TPSA) is 57.0 Å². The molecule has 0 atom stereocenters. The van der Waals surface area contributed by atoms with Crippen molar-refractivity contribution in [2.75, 3.05) is 7.11 Å². The minimum absolute atomic E-state index is 0.113. The van der Waals surface area contributed by atoms with E-state index in [0.29, 0.717) is 17.0 Å². The zero-order valence-corrected chi connectivity index (χ0v) is 14.4. The first-order valence-electron chi connectivity index (χ1n) is 8.11. The Morgan fingerprint density at radius 1 is 1.07 bits per heavy atom. The van der Waals surface area contributed by atoms with Crippen LogP contribution in [-0.2, 0) is 22.3 Å². The Morgan fingerprint density at radius 3 is 2.41 bits per heavy atom. The van der Waals surface area contributed by atoms with E-state index >= 15 is 0 Å². The molecule has 0 spiro atoms. The lowest BCUT2D eigenvalue weighted by atomic mass is 10.1. The molecule has 2 heterocycles. The number of esters is 1. The summed E-state index contributed by atoms with van der Waals surface area (Å²) in [5.74, 6) is -0.388. The largest absolute Gasteiger partial charge is 0.469 e. The second kappa shape index (κ2) is 7.61. The van der Waals surface area contributed by atoms with Crippen molar-refractivity contribution in [1.29, 1.82) is 0 Å². The molecule has 0 saturated carbocycles. The van der Waals surface area contributed by atoms with Gasteiger partial charge in [0.15, 0.2) is 0 Å². The fourth-order valence-corrected chi connectivity index (χ4v) is 2.68. The van der Waals surface area contributed by atoms with Gasteiger partial charge in [-0.1, -0.05) is 30.3 Å². The van der Waals surface area contributed by atoms with Crippen molar-refractivity contribution in [3.63, 3.8) is 0 Å². The van der Waals surface area contributed by atoms with Crippen LogP contribution in [0.2, 0.25) is 0 Å². The summed E-state index contributed by atoms with van der Waals surface area (Å²) in [6.45, 7) is 0.281. The van der Waals surface area contributed by atoms with Gasteiger partial charge in [-0.25, -0.2) is 4.98 Å². The molecule has 27 heavy (non-hydrogen) atoms. The number of nitrogens with zero attached hydrogens (tertiary/aromatic N) is 3. The summed E-state index contributed by atoms with van der Waals surface area (Å²) in [7, 11) is 1.30. The number of aryl methyl sites for hydroxylation is 1. The standard InChI is InChI=1S/C19H16F3N3O2/c1-27-16(26)9-10-25-12-24-17(13-5-3-2-4-6-13)18(25)14-7-8-15(23-11-14)19(20,21)22/h2-8,11-12H,9-10H2,1H3. The van der Waals surface area contributed by atoms with E-state index in [1.165, 1.54) is 19.4 Å². The first kappa shape index (κ1) is 18.6. The summed E-state index contributed by atoms with van der Waals surface area (Å²) in [6, 6.07) is 11.5. The monoisotopic (exact) mass is 375 g/mol. The fourth-order valence-electron chi connectivity index (χ4n) is 2.68. The first-order chi connectivity index (χ1) is 12.9. The van der Waals surface area contributed by atoms with Crippen LogP contribution < -0.4 is 0 Å². The van der Waals surface area contributed by atoms with Crippen molar-refractivity contribution in [3.8, 4) is 22.5 Å². The lowest BCUT2D eigenvalue weighted by Crippen LogP contribution is -2.09. The van der Waals surface area contributed by atoms with Crippen LogP contribution >= 0.6 is 0 Å². The SMILES string of the molecule is COC(=O)CCn1cnc(-c2ccccc2)c1-c1ccc(C(F)(F)F)nc1. The molecule has 1 aromatic carbocycles. The lowest BCUT2D eigenvalue weighted by Gasteiger charge is -2.11. The van der Waals surface area contributed by atoms with Crippen LogP contribution in [0.25, 0.3) is 22.5 Å². The zero-order chi connectivity index (χ0) is 19.4. The molecule has 2 aromatic heterocycles. The Morgan fingerprint density at radius 2 is 1.81 bits per heavy atom. The number of ether oxygens (including phenoxy) is 1. The van der Waals surface area contributed by atoms with E-state index in [0.717, 1.165) is 11.6 Å². The highest BCUT2D eigenvalue weighted by Crippen LogP contribution is 2.33. The highest BCUT2D eigenvalue weighted by Gasteiger charge is 2.32. The quantitative estimate of drug-likeness (QED) is 0.628. The van der Waals surface area contributed by atoms with E-state index < -0.39 is 11.9 Å². The van der Waals surface area contributed by atoms with E-state index in [1.807, 2.05) is 30.3 Å². The van der Waals surface area contributed by atoms with E-state index in [4.69, 9.17) is 0 Å². The Hall–Kier alpha value is -3.16. The maximum atomic E-state index is 12.8. The number of carbonyl (C=O) groups excluding carboxylic acids is 1. The number of hydrogen-bond donors (Lipinski definition) is 0. The number of hydrogen-bond acceptors (Lipinski definition) is 4. The summed E-state index contributed by atoms with van der Waals surface area (Å²) in [4.78, 5) is 19.4. The maximum absolute atomic E-state index is 12.8. The van der Waals surface area contributed by atoms with Crippen molar-refractivity contribution in [3.05, 3.63) is 60.7 Å². The third kappa shape index (κ3) is 4.16. The summed E-state index contributed by atoms with van der Waals surface area (Å²) in [6.07, 6.45) is -1.67. The predicted octanol–water partition coefficient (Wildman–Crippen LogP) is 4.19. The average molecular weight is 375 g/mol. The minimum atomic E-state index is -4.51. The number of halogens is 3. The van der Waals surface area contributed by atoms with E-state index in [2.05, 4.69) is 14.7 Å². The van der Waals surface area contributed by atoms with Crippen LogP contribution in [-0.4, -0.2) is 27.6 Å². The second-order valence-corrected chi connectivity index (χ2v) is 5.76. The van der Waals surface area contributed by atoms with Crippen LogP contribution in [0.3, 0.4) is 0 Å². The molecule has 0 aliphatic rings. The molecule has 3 aromatic rings. The van der Waals surface area contributed by atoms with E-state index in [1.54, 1.807) is 10.9 Å². The van der Waals surface area contributed by atoms with Crippen molar-refractivity contribution in [2.24, 2.45) is 0 Å². The molecule has 0 aliphatic heterocycles. The van der Waals surface area contributed by atoms with Gasteiger partial charge in [-0.15, -0.1) is 0 Å². The van der Waals surface area contributed by atoms with Gasteiger partial charge >= 0.3 is 12.1 Å². The van der Waals surface area contributed by atoms with Crippen LogP contribution in [0.4, 0.5) is 13.2 Å². The molecule has 0 amide bonds. The molecule has 0 aliphatic carbocycles. The average Bonchev–Trinajstić information content (AvgIpc) is 3.10. The Balaban J connectivity index is 2.04. The van der Waals surface area contributed by atoms with Crippen molar-refractivity contribution >= 4 is 5.97 Å². The van der Waals surface area contributed by atoms with Gasteiger partial charge in [0.2, 0.25) is 0 Å². The Kier molecular flexibility index (Phi) is 5.25. The number of rotatable bonds is 5. The van der Waals surface area contributed by atoms with Gasteiger partial charge in [0.25, 0.3) is 0 Å².